The zero-order chi connectivity index (χ0) is 14.7. The predicted molar refractivity (Wildman–Crippen MR) is 85.1 cm³/mol. The molecule has 2 N–H and O–H groups in total. The molecule has 5 nitrogen and oxygen atoms in total. The Morgan fingerprint density at radius 3 is 3.05 bits per heavy atom. The number of piperidine rings is 1. The van der Waals surface area contributed by atoms with Gasteiger partial charge < -0.3 is 10.3 Å². The summed E-state index contributed by atoms with van der Waals surface area (Å²) in [6.07, 6.45) is 9.22. The van der Waals surface area contributed by atoms with Crippen molar-refractivity contribution in [2.45, 2.75) is 51.2 Å². The summed E-state index contributed by atoms with van der Waals surface area (Å²) in [7, 11) is 0. The molecule has 2 fully saturated rings. The molecule has 0 aliphatic carbocycles. The summed E-state index contributed by atoms with van der Waals surface area (Å²) in [6, 6.07) is 1.06. The van der Waals surface area contributed by atoms with E-state index in [0.29, 0.717) is 12.6 Å². The summed E-state index contributed by atoms with van der Waals surface area (Å²) < 4.78 is 2.28. The van der Waals surface area contributed by atoms with Gasteiger partial charge in [-0.3, -0.25) is 9.80 Å². The minimum atomic E-state index is 0.322. The van der Waals surface area contributed by atoms with Crippen LogP contribution in [-0.2, 0) is 6.54 Å². The molecule has 0 spiro atoms. The van der Waals surface area contributed by atoms with E-state index in [1.165, 1.54) is 44.6 Å². The second kappa shape index (κ2) is 6.90. The van der Waals surface area contributed by atoms with Crippen LogP contribution >= 0.6 is 0 Å². The quantitative estimate of drug-likeness (QED) is 0.892. The zero-order valence-electron chi connectivity index (χ0n) is 13.2. The maximum absolute atomic E-state index is 6.13. The standard InChI is InChI=1S/C16H29N5/c1-2-6-21-13-18-11-16(21)15(10-17)20-9-8-19-7-4-3-5-14(19)12-20/h11,13-15H,2-10,12,17H2,1H3. The Balaban J connectivity index is 1.72. The van der Waals surface area contributed by atoms with E-state index in [0.717, 1.165) is 25.6 Å². The first-order valence-electron chi connectivity index (χ1n) is 8.51. The van der Waals surface area contributed by atoms with Crippen molar-refractivity contribution in [1.29, 1.82) is 0 Å². The molecule has 5 heteroatoms. The molecule has 0 saturated carbocycles. The van der Waals surface area contributed by atoms with Crippen LogP contribution in [0.1, 0.15) is 44.3 Å². The lowest BCUT2D eigenvalue weighted by Gasteiger charge is -2.46. The number of fused-ring (bicyclic) bond motifs is 1. The van der Waals surface area contributed by atoms with Gasteiger partial charge >= 0.3 is 0 Å². The van der Waals surface area contributed by atoms with Gasteiger partial charge in [-0.2, -0.15) is 0 Å². The van der Waals surface area contributed by atoms with Gasteiger partial charge in [0, 0.05) is 45.0 Å². The third-order valence-electron chi connectivity index (χ3n) is 5.08. The van der Waals surface area contributed by atoms with Gasteiger partial charge in [-0.25, -0.2) is 4.98 Å². The van der Waals surface area contributed by atoms with Crippen molar-refractivity contribution in [2.75, 3.05) is 32.7 Å². The smallest absolute Gasteiger partial charge is 0.0948 e. The molecule has 2 atom stereocenters. The van der Waals surface area contributed by atoms with Gasteiger partial charge in [-0.1, -0.05) is 13.3 Å². The number of rotatable bonds is 5. The molecule has 21 heavy (non-hydrogen) atoms. The molecule has 0 bridgehead atoms. The van der Waals surface area contributed by atoms with Crippen LogP contribution in [0.2, 0.25) is 0 Å². The lowest BCUT2D eigenvalue weighted by atomic mass is 9.98. The maximum Gasteiger partial charge on any atom is 0.0948 e. The highest BCUT2D eigenvalue weighted by Gasteiger charge is 2.33. The van der Waals surface area contributed by atoms with Crippen LogP contribution in [0.4, 0.5) is 0 Å². The molecule has 1 aromatic rings. The Bertz CT molecular complexity index is 444. The summed E-state index contributed by atoms with van der Waals surface area (Å²) in [5, 5.41) is 0. The van der Waals surface area contributed by atoms with E-state index in [-0.39, 0.29) is 0 Å². The summed E-state index contributed by atoms with van der Waals surface area (Å²) in [4.78, 5) is 9.63. The summed E-state index contributed by atoms with van der Waals surface area (Å²) in [5.41, 5.74) is 7.43. The SMILES string of the molecule is CCCn1cncc1C(CN)N1CCN2CCCCC2C1. The molecule has 118 valence electrons. The minimum Gasteiger partial charge on any atom is -0.333 e. The van der Waals surface area contributed by atoms with Gasteiger partial charge in [-0.05, 0) is 25.8 Å². The second-order valence-corrected chi connectivity index (χ2v) is 6.44. The van der Waals surface area contributed by atoms with Gasteiger partial charge in [0.2, 0.25) is 0 Å². The average Bonchev–Trinajstić information content (AvgIpc) is 2.97. The Morgan fingerprint density at radius 2 is 2.24 bits per heavy atom. The lowest BCUT2D eigenvalue weighted by molar-refractivity contribution is 0.0269. The molecule has 2 saturated heterocycles. The molecule has 2 aliphatic heterocycles. The van der Waals surface area contributed by atoms with Crippen molar-refractivity contribution in [3.05, 3.63) is 18.2 Å². The Hall–Kier alpha value is -0.910. The van der Waals surface area contributed by atoms with Crippen molar-refractivity contribution in [3.63, 3.8) is 0 Å². The van der Waals surface area contributed by atoms with E-state index in [9.17, 15) is 0 Å². The van der Waals surface area contributed by atoms with Crippen LogP contribution in [0.25, 0.3) is 0 Å². The largest absolute Gasteiger partial charge is 0.333 e. The predicted octanol–water partition coefficient (Wildman–Crippen LogP) is 1.46. The first-order valence-corrected chi connectivity index (χ1v) is 8.51. The number of nitrogens with zero attached hydrogens (tertiary/aromatic N) is 4. The number of hydrogen-bond acceptors (Lipinski definition) is 4. The third kappa shape index (κ3) is 3.15. The van der Waals surface area contributed by atoms with Crippen LogP contribution in [0.5, 0.6) is 0 Å². The Morgan fingerprint density at radius 1 is 1.33 bits per heavy atom. The van der Waals surface area contributed by atoms with Crippen LogP contribution in [-0.4, -0.2) is 58.1 Å². The number of nitrogens with two attached hydrogens (primary N) is 1. The van der Waals surface area contributed by atoms with E-state index in [1.54, 1.807) is 0 Å². The number of imidazole rings is 1. The maximum atomic E-state index is 6.13. The van der Waals surface area contributed by atoms with E-state index in [1.807, 2.05) is 12.5 Å². The molecule has 0 radical (unpaired) electrons. The van der Waals surface area contributed by atoms with Gasteiger partial charge in [0.05, 0.1) is 18.1 Å². The molecular weight excluding hydrogens is 262 g/mol. The van der Waals surface area contributed by atoms with E-state index >= 15 is 0 Å². The zero-order valence-corrected chi connectivity index (χ0v) is 13.2. The normalized spacial score (nSPS) is 25.7. The minimum absolute atomic E-state index is 0.322. The first-order chi connectivity index (χ1) is 10.3. The van der Waals surface area contributed by atoms with Crippen molar-refractivity contribution in [1.82, 2.24) is 19.4 Å². The van der Waals surface area contributed by atoms with Crippen molar-refractivity contribution < 1.29 is 0 Å². The van der Waals surface area contributed by atoms with Crippen molar-refractivity contribution >= 4 is 0 Å². The van der Waals surface area contributed by atoms with Gasteiger partial charge in [-0.15, -0.1) is 0 Å². The van der Waals surface area contributed by atoms with E-state index in [2.05, 4.69) is 26.3 Å². The summed E-state index contributed by atoms with van der Waals surface area (Å²) in [6.45, 7) is 8.72. The molecule has 0 amide bonds. The van der Waals surface area contributed by atoms with Gasteiger partial charge in [0.15, 0.2) is 0 Å². The Kier molecular flexibility index (Phi) is 4.93. The summed E-state index contributed by atoms with van der Waals surface area (Å²) >= 11 is 0. The molecular formula is C16H29N5. The third-order valence-corrected chi connectivity index (χ3v) is 5.08. The van der Waals surface area contributed by atoms with E-state index in [4.69, 9.17) is 5.73 Å². The van der Waals surface area contributed by atoms with Crippen molar-refractivity contribution in [2.24, 2.45) is 5.73 Å². The number of aryl methyl sites for hydroxylation is 1. The number of hydrogen-bond donors (Lipinski definition) is 1. The average molecular weight is 291 g/mol. The second-order valence-electron chi connectivity index (χ2n) is 6.44. The summed E-state index contributed by atoms with van der Waals surface area (Å²) in [5.74, 6) is 0. The van der Waals surface area contributed by atoms with Gasteiger partial charge in [0.25, 0.3) is 0 Å². The molecule has 3 heterocycles. The fourth-order valence-corrected chi connectivity index (χ4v) is 3.96. The first kappa shape index (κ1) is 15.0. The number of aromatic nitrogens is 2. The Labute approximate surface area is 128 Å². The highest BCUT2D eigenvalue weighted by molar-refractivity contribution is 5.08. The molecule has 3 rings (SSSR count). The molecule has 2 aliphatic rings. The fraction of sp³-hybridized carbons (Fsp3) is 0.812. The van der Waals surface area contributed by atoms with Crippen LogP contribution < -0.4 is 5.73 Å². The van der Waals surface area contributed by atoms with Crippen LogP contribution in [0.15, 0.2) is 12.5 Å². The topological polar surface area (TPSA) is 50.3 Å². The molecule has 2 unspecified atom stereocenters. The van der Waals surface area contributed by atoms with Crippen LogP contribution in [0.3, 0.4) is 0 Å². The van der Waals surface area contributed by atoms with Crippen molar-refractivity contribution in [3.8, 4) is 0 Å². The highest BCUT2D eigenvalue weighted by atomic mass is 15.3. The number of piperazine rings is 1. The lowest BCUT2D eigenvalue weighted by Crippen LogP contribution is -2.56. The van der Waals surface area contributed by atoms with E-state index < -0.39 is 0 Å². The molecule has 1 aromatic heterocycles. The van der Waals surface area contributed by atoms with Crippen LogP contribution in [0, 0.1) is 0 Å². The van der Waals surface area contributed by atoms with Gasteiger partial charge in [0.1, 0.15) is 0 Å². The monoisotopic (exact) mass is 291 g/mol. The highest BCUT2D eigenvalue weighted by Crippen LogP contribution is 2.27. The fourth-order valence-electron chi connectivity index (χ4n) is 3.96. The molecule has 0 aromatic carbocycles.